The second kappa shape index (κ2) is 14.0. The fourth-order valence-corrected chi connectivity index (χ4v) is 5.42. The largest absolute Gasteiger partial charge is 0.489 e. The summed E-state index contributed by atoms with van der Waals surface area (Å²) < 4.78 is 42.7. The highest BCUT2D eigenvalue weighted by Gasteiger charge is 2.27. The summed E-state index contributed by atoms with van der Waals surface area (Å²) in [6.45, 7) is -0.270. The van der Waals surface area contributed by atoms with Gasteiger partial charge in [0.2, 0.25) is 0 Å². The third-order valence-electron chi connectivity index (χ3n) is 7.52. The van der Waals surface area contributed by atoms with E-state index in [0.29, 0.717) is 39.3 Å². The van der Waals surface area contributed by atoms with Crippen molar-refractivity contribution >= 4 is 29.2 Å². The first-order valence-corrected chi connectivity index (χ1v) is 14.8. The van der Waals surface area contributed by atoms with Crippen LogP contribution in [-0.4, -0.2) is 48.4 Å². The quantitative estimate of drug-likeness (QED) is 0.239. The minimum absolute atomic E-state index is 0.0938. The van der Waals surface area contributed by atoms with Crippen molar-refractivity contribution in [2.75, 3.05) is 19.7 Å². The van der Waals surface area contributed by atoms with Gasteiger partial charge in [-0.25, -0.2) is 9.78 Å². The highest BCUT2D eigenvalue weighted by atomic mass is 35.5. The number of carbonyl (C=O) groups is 1. The van der Waals surface area contributed by atoms with Gasteiger partial charge in [-0.1, -0.05) is 41.4 Å². The molecular formula is C31H33Cl2F2N2O5+. The first kappa shape index (κ1) is 30.5. The lowest BCUT2D eigenvalue weighted by atomic mass is 10.0. The zero-order chi connectivity index (χ0) is 29.6. The SMILES string of the molecule is O=C(O[C@@H](Cc1c(Cl)c[nH+]cc1Cl)c1ccc(OC(F)F)c(OCC2CC2)c1)c1ccc(CN2CCC(O)CC2)cc1. The molecule has 1 aliphatic heterocycles. The molecule has 7 nitrogen and oxygen atoms in total. The Morgan fingerprint density at radius 2 is 1.69 bits per heavy atom. The average molecular weight is 623 g/mol. The van der Waals surface area contributed by atoms with Gasteiger partial charge in [-0.3, -0.25) is 4.90 Å². The molecule has 0 unspecified atom stereocenters. The molecular weight excluding hydrogens is 589 g/mol. The van der Waals surface area contributed by atoms with E-state index in [1.807, 2.05) is 12.1 Å². The van der Waals surface area contributed by atoms with Gasteiger partial charge in [0.1, 0.15) is 16.1 Å². The topological polar surface area (TPSA) is 82.4 Å². The number of aromatic nitrogens is 1. The number of halogens is 4. The molecule has 2 N–H and O–H groups in total. The summed E-state index contributed by atoms with van der Waals surface area (Å²) in [5.41, 5.74) is 2.48. The van der Waals surface area contributed by atoms with Gasteiger partial charge in [-0.2, -0.15) is 8.78 Å². The number of rotatable bonds is 12. The Kier molecular flexibility index (Phi) is 10.2. The van der Waals surface area contributed by atoms with E-state index in [9.17, 15) is 18.7 Å². The minimum Gasteiger partial charge on any atom is -0.489 e. The van der Waals surface area contributed by atoms with Crippen LogP contribution in [0, 0.1) is 5.92 Å². The van der Waals surface area contributed by atoms with Crippen molar-refractivity contribution in [3.63, 3.8) is 0 Å². The number of nitrogens with one attached hydrogen (secondary N) is 1. The van der Waals surface area contributed by atoms with Crippen LogP contribution in [0.2, 0.25) is 10.0 Å². The molecule has 0 spiro atoms. The highest BCUT2D eigenvalue weighted by Crippen LogP contribution is 2.38. The van der Waals surface area contributed by atoms with E-state index in [1.54, 1.807) is 36.7 Å². The molecule has 11 heteroatoms. The highest BCUT2D eigenvalue weighted by molar-refractivity contribution is 6.35. The van der Waals surface area contributed by atoms with E-state index >= 15 is 0 Å². The molecule has 5 rings (SSSR count). The zero-order valence-electron chi connectivity index (χ0n) is 22.9. The van der Waals surface area contributed by atoms with Gasteiger partial charge in [-0.15, -0.1) is 0 Å². The van der Waals surface area contributed by atoms with Crippen molar-refractivity contribution in [3.8, 4) is 11.5 Å². The molecule has 1 atom stereocenters. The van der Waals surface area contributed by atoms with Crippen LogP contribution in [0.15, 0.2) is 54.9 Å². The number of aliphatic hydroxyl groups excluding tert-OH is 1. The summed E-state index contributed by atoms with van der Waals surface area (Å²) in [7, 11) is 0. The van der Waals surface area contributed by atoms with Crippen LogP contribution in [0.1, 0.15) is 58.8 Å². The summed E-state index contributed by atoms with van der Waals surface area (Å²) >= 11 is 12.8. The molecule has 1 aliphatic carbocycles. The number of aromatic amines is 1. The minimum atomic E-state index is -3.02. The Balaban J connectivity index is 1.37. The predicted octanol–water partition coefficient (Wildman–Crippen LogP) is 6.30. The zero-order valence-corrected chi connectivity index (χ0v) is 24.4. The van der Waals surface area contributed by atoms with Gasteiger partial charge in [0.05, 0.1) is 18.3 Å². The first-order valence-electron chi connectivity index (χ1n) is 14.0. The van der Waals surface area contributed by atoms with E-state index in [1.165, 1.54) is 6.07 Å². The van der Waals surface area contributed by atoms with Crippen molar-refractivity contribution in [1.82, 2.24) is 4.90 Å². The lowest BCUT2D eigenvalue weighted by molar-refractivity contribution is -0.377. The van der Waals surface area contributed by atoms with Crippen LogP contribution in [0.25, 0.3) is 0 Å². The lowest BCUT2D eigenvalue weighted by Gasteiger charge is -2.29. The monoisotopic (exact) mass is 621 g/mol. The number of nitrogens with zero attached hydrogens (tertiary/aromatic N) is 1. The van der Waals surface area contributed by atoms with Crippen LogP contribution in [0.3, 0.4) is 0 Å². The van der Waals surface area contributed by atoms with Gasteiger partial charge in [-0.05, 0) is 67.0 Å². The Morgan fingerprint density at radius 3 is 2.33 bits per heavy atom. The van der Waals surface area contributed by atoms with Crippen molar-refractivity contribution in [2.24, 2.45) is 5.92 Å². The molecule has 1 saturated heterocycles. The standard InChI is InChI=1S/C31H32Cl2F2N2O5/c32-25-15-36-16-26(33)24(25)14-28(22-7-8-27(42-31(34)35)29(13-22)40-18-20-1-2-20)41-30(39)21-5-3-19(4-6-21)17-37-11-9-23(38)10-12-37/h3-8,13,15-16,20,23,28,31,38H,1-2,9-12,14,17-18H2/p+1/t28-/m0/s1. The fraction of sp³-hybridized carbons (Fsp3) is 0.419. The summed E-state index contributed by atoms with van der Waals surface area (Å²) in [4.78, 5) is 18.5. The smallest absolute Gasteiger partial charge is 0.387 e. The second-order valence-electron chi connectivity index (χ2n) is 10.8. The average Bonchev–Trinajstić information content (AvgIpc) is 3.80. The molecule has 2 heterocycles. The molecule has 2 fully saturated rings. The van der Waals surface area contributed by atoms with Crippen LogP contribution in [0.4, 0.5) is 8.78 Å². The molecule has 0 bridgehead atoms. The predicted molar refractivity (Wildman–Crippen MR) is 153 cm³/mol. The Bertz CT molecular complexity index is 1350. The number of hydrogen-bond acceptors (Lipinski definition) is 6. The van der Waals surface area contributed by atoms with Crippen LogP contribution < -0.4 is 14.5 Å². The summed E-state index contributed by atoms with van der Waals surface area (Å²) in [5, 5.41) is 10.5. The number of alkyl halides is 2. The van der Waals surface area contributed by atoms with Crippen molar-refractivity contribution in [3.05, 3.63) is 87.2 Å². The number of benzene rings is 2. The van der Waals surface area contributed by atoms with Gasteiger partial charge in [0, 0.05) is 31.6 Å². The summed E-state index contributed by atoms with van der Waals surface area (Å²) in [6, 6.07) is 11.7. The van der Waals surface area contributed by atoms with Crippen molar-refractivity contribution in [1.29, 1.82) is 0 Å². The molecule has 1 aromatic heterocycles. The lowest BCUT2D eigenvalue weighted by Crippen LogP contribution is -2.35. The second-order valence-corrected chi connectivity index (χ2v) is 11.6. The third kappa shape index (κ3) is 8.31. The normalized spacial score (nSPS) is 16.8. The number of esters is 1. The van der Waals surface area contributed by atoms with E-state index in [2.05, 4.69) is 14.6 Å². The Morgan fingerprint density at radius 1 is 1.00 bits per heavy atom. The first-order chi connectivity index (χ1) is 20.2. The maximum absolute atomic E-state index is 13.4. The van der Waals surface area contributed by atoms with Crippen LogP contribution in [0.5, 0.6) is 11.5 Å². The van der Waals surface area contributed by atoms with E-state index in [0.717, 1.165) is 50.9 Å². The molecule has 0 radical (unpaired) electrons. The fourth-order valence-electron chi connectivity index (χ4n) is 4.89. The number of aliphatic hydroxyl groups is 1. The third-order valence-corrected chi connectivity index (χ3v) is 8.19. The number of ether oxygens (including phenoxy) is 3. The number of piperidine rings is 1. The Labute approximate surface area is 253 Å². The van der Waals surface area contributed by atoms with E-state index in [4.69, 9.17) is 32.7 Å². The van der Waals surface area contributed by atoms with Gasteiger partial charge in [0.25, 0.3) is 0 Å². The van der Waals surface area contributed by atoms with E-state index < -0.39 is 18.7 Å². The summed E-state index contributed by atoms with van der Waals surface area (Å²) in [6.07, 6.45) is 5.73. The van der Waals surface area contributed by atoms with Crippen LogP contribution in [-0.2, 0) is 17.7 Å². The van der Waals surface area contributed by atoms with Gasteiger partial charge in [0.15, 0.2) is 23.9 Å². The molecule has 0 amide bonds. The molecule has 1 saturated carbocycles. The Hall–Kier alpha value is -2.98. The molecule has 2 aliphatic rings. The molecule has 3 aromatic rings. The molecule has 224 valence electrons. The van der Waals surface area contributed by atoms with Gasteiger partial charge >= 0.3 is 12.6 Å². The molecule has 2 aromatic carbocycles. The van der Waals surface area contributed by atoms with E-state index in [-0.39, 0.29) is 24.0 Å². The number of carbonyl (C=O) groups excluding carboxylic acids is 1. The maximum atomic E-state index is 13.4. The van der Waals surface area contributed by atoms with Crippen molar-refractivity contribution in [2.45, 2.75) is 57.5 Å². The number of H-pyrrole nitrogens is 1. The number of likely N-dealkylation sites (tertiary alicyclic amines) is 1. The molecule has 42 heavy (non-hydrogen) atoms. The number of hydrogen-bond donors (Lipinski definition) is 1. The number of pyridine rings is 1. The van der Waals surface area contributed by atoms with Gasteiger partial charge < -0.3 is 19.3 Å². The van der Waals surface area contributed by atoms with Crippen molar-refractivity contribution < 1.29 is 37.9 Å². The summed E-state index contributed by atoms with van der Waals surface area (Å²) in [5.74, 6) is -0.127. The van der Waals surface area contributed by atoms with Crippen LogP contribution >= 0.6 is 23.2 Å². The maximum Gasteiger partial charge on any atom is 0.387 e.